The summed E-state index contributed by atoms with van der Waals surface area (Å²) in [4.78, 5) is 0. The van der Waals surface area contributed by atoms with E-state index >= 15 is 0 Å². The third kappa shape index (κ3) is 1.22. The molecular formula is C10H15ClRu-. The number of halogens is 1. The average Bonchev–Trinajstić information content (AvgIpc) is 2.22. The number of rotatable bonds is 1. The van der Waals surface area contributed by atoms with Crippen LogP contribution in [-0.4, -0.2) is 0 Å². The monoisotopic (exact) mass is 272 g/mol. The van der Waals surface area contributed by atoms with E-state index in [1.54, 1.807) is 0 Å². The van der Waals surface area contributed by atoms with Crippen LogP contribution in [-0.2, 0) is 16.1 Å². The van der Waals surface area contributed by atoms with E-state index in [0.717, 1.165) is 0 Å². The van der Waals surface area contributed by atoms with Gasteiger partial charge in [-0.25, -0.2) is 0 Å². The van der Waals surface area contributed by atoms with Crippen LogP contribution < -0.4 is 0 Å². The first-order valence-corrected chi connectivity index (χ1v) is 7.17. The Morgan fingerprint density at radius 2 is 1.33 bits per heavy atom. The molecule has 0 heterocycles. The predicted molar refractivity (Wildman–Crippen MR) is 51.0 cm³/mol. The van der Waals surface area contributed by atoms with Gasteiger partial charge in [-0.15, -0.1) is 0 Å². The minimum absolute atomic E-state index is 0.0850. The maximum absolute atomic E-state index is 6.09. The molecule has 1 aliphatic carbocycles. The quantitative estimate of drug-likeness (QED) is 0.630. The summed E-state index contributed by atoms with van der Waals surface area (Å²) < 4.78 is 0.211. The fourth-order valence-electron chi connectivity index (χ4n) is 1.64. The summed E-state index contributed by atoms with van der Waals surface area (Å²) in [5.74, 6) is 0. The molecule has 1 aliphatic rings. The molecule has 1 rings (SSSR count). The molecule has 0 saturated heterocycles. The van der Waals surface area contributed by atoms with Crippen LogP contribution in [0.4, 0.5) is 0 Å². The number of hydrogen-bond acceptors (Lipinski definition) is 0. The van der Waals surface area contributed by atoms with Crippen LogP contribution in [0, 0.1) is 0 Å². The third-order valence-electron chi connectivity index (χ3n) is 3.21. The van der Waals surface area contributed by atoms with Gasteiger partial charge in [0.25, 0.3) is 0 Å². The van der Waals surface area contributed by atoms with Gasteiger partial charge in [-0.1, -0.05) is 0 Å². The van der Waals surface area contributed by atoms with Crippen LogP contribution in [0.5, 0.6) is 0 Å². The van der Waals surface area contributed by atoms with E-state index in [2.05, 4.69) is 34.6 Å². The van der Waals surface area contributed by atoms with Crippen molar-refractivity contribution in [3.63, 3.8) is 0 Å². The van der Waals surface area contributed by atoms with Gasteiger partial charge in [-0.2, -0.15) is 0 Å². The van der Waals surface area contributed by atoms with E-state index in [9.17, 15) is 0 Å². The van der Waals surface area contributed by atoms with Gasteiger partial charge >= 0.3 is 86.7 Å². The van der Waals surface area contributed by atoms with Gasteiger partial charge in [0, 0.05) is 0 Å². The summed E-state index contributed by atoms with van der Waals surface area (Å²) in [5.41, 5.74) is 5.85. The fourth-order valence-corrected chi connectivity index (χ4v) is 3.97. The fraction of sp³-hybridized carbons (Fsp3) is 0.600. The molecule has 0 aliphatic heterocycles. The summed E-state index contributed by atoms with van der Waals surface area (Å²) in [6.45, 7) is 11.1. The minimum atomic E-state index is -0.0850. The molecule has 0 aromatic carbocycles. The molecule has 0 aromatic heterocycles. The second-order valence-electron chi connectivity index (χ2n) is 3.55. The number of hydrogen-bond donors (Lipinski definition) is 0. The molecular weight excluding hydrogens is 257 g/mol. The van der Waals surface area contributed by atoms with Crippen molar-refractivity contribution in [3.8, 4) is 0 Å². The Hall–Kier alpha value is 0.393. The molecule has 0 fully saturated rings. The van der Waals surface area contributed by atoms with Crippen molar-refractivity contribution in [2.24, 2.45) is 0 Å². The molecule has 0 saturated carbocycles. The molecule has 12 heavy (non-hydrogen) atoms. The van der Waals surface area contributed by atoms with Crippen molar-refractivity contribution in [2.45, 2.75) is 38.6 Å². The summed E-state index contributed by atoms with van der Waals surface area (Å²) in [6.07, 6.45) is 0. The van der Waals surface area contributed by atoms with Gasteiger partial charge in [0.05, 0.1) is 0 Å². The molecule has 0 amide bonds. The van der Waals surface area contributed by atoms with Crippen LogP contribution in [0.2, 0.25) is 4.01 Å². The maximum atomic E-state index is 6.09. The summed E-state index contributed by atoms with van der Waals surface area (Å²) in [7, 11) is 6.09. The molecule has 0 N–H and O–H groups in total. The molecule has 0 nitrogen and oxygen atoms in total. The van der Waals surface area contributed by atoms with Gasteiger partial charge in [-0.3, -0.25) is 0 Å². The van der Waals surface area contributed by atoms with Crippen LogP contribution >= 0.6 is 9.69 Å². The van der Waals surface area contributed by atoms with Crippen molar-refractivity contribution in [3.05, 3.63) is 22.3 Å². The second-order valence-corrected chi connectivity index (χ2v) is 6.40. The first-order chi connectivity index (χ1) is 5.45. The topological polar surface area (TPSA) is 0 Å². The van der Waals surface area contributed by atoms with E-state index in [1.807, 2.05) is 0 Å². The SMILES string of the molecule is CC1=C(C)[C](C)([Ru-][Cl])C(C)=C1C. The zero-order valence-corrected chi connectivity index (χ0v) is 10.7. The van der Waals surface area contributed by atoms with E-state index < -0.39 is 0 Å². The Morgan fingerprint density at radius 3 is 1.50 bits per heavy atom. The van der Waals surface area contributed by atoms with Crippen molar-refractivity contribution >= 4 is 9.69 Å². The van der Waals surface area contributed by atoms with Crippen LogP contribution in [0.15, 0.2) is 22.3 Å². The Morgan fingerprint density at radius 1 is 1.00 bits per heavy atom. The first kappa shape index (κ1) is 10.5. The van der Waals surface area contributed by atoms with E-state index in [4.69, 9.17) is 9.69 Å². The third-order valence-corrected chi connectivity index (χ3v) is 6.75. The van der Waals surface area contributed by atoms with Gasteiger partial charge in [0.1, 0.15) is 0 Å². The molecule has 0 unspecified atom stereocenters. The molecule has 0 atom stereocenters. The van der Waals surface area contributed by atoms with Crippen molar-refractivity contribution in [2.75, 3.05) is 0 Å². The van der Waals surface area contributed by atoms with E-state index in [0.29, 0.717) is 0 Å². The molecule has 0 spiro atoms. The Labute approximate surface area is 86.7 Å². The first-order valence-electron chi connectivity index (χ1n) is 4.06. The Balaban J connectivity index is 3.25. The van der Waals surface area contributed by atoms with Crippen molar-refractivity contribution in [1.29, 1.82) is 0 Å². The summed E-state index contributed by atoms with van der Waals surface area (Å²) >= 11 is -0.0850. The van der Waals surface area contributed by atoms with Crippen LogP contribution in [0.3, 0.4) is 0 Å². The molecule has 0 aromatic rings. The Bertz CT molecular complexity index is 250. The zero-order chi connectivity index (χ0) is 9.52. The normalized spacial score (nSPS) is 22.8. The predicted octanol–water partition coefficient (Wildman–Crippen LogP) is 4.09. The second kappa shape index (κ2) is 3.27. The van der Waals surface area contributed by atoms with Crippen LogP contribution in [0.1, 0.15) is 34.6 Å². The van der Waals surface area contributed by atoms with Gasteiger partial charge in [0.2, 0.25) is 0 Å². The van der Waals surface area contributed by atoms with Gasteiger partial charge in [-0.05, 0) is 0 Å². The van der Waals surface area contributed by atoms with E-state index in [-0.39, 0.29) is 20.1 Å². The Kier molecular flexibility index (Phi) is 2.86. The number of allylic oxidation sites excluding steroid dienone is 4. The molecule has 71 valence electrons. The summed E-state index contributed by atoms with van der Waals surface area (Å²) in [6, 6.07) is 0. The van der Waals surface area contributed by atoms with Gasteiger partial charge in [0.15, 0.2) is 0 Å². The van der Waals surface area contributed by atoms with Crippen LogP contribution in [0.25, 0.3) is 0 Å². The standard InChI is InChI=1S/C10H15.ClH.Ru/c1-6-7(2)9(4)10(5)8(6)3;;/h1-5H3;1H;/p-1. The van der Waals surface area contributed by atoms with E-state index in [1.165, 1.54) is 22.3 Å². The molecule has 0 radical (unpaired) electrons. The van der Waals surface area contributed by atoms with Crippen molar-refractivity contribution < 1.29 is 16.1 Å². The average molecular weight is 272 g/mol. The molecule has 2 heteroatoms. The summed E-state index contributed by atoms with van der Waals surface area (Å²) in [5, 5.41) is 0. The van der Waals surface area contributed by atoms with Gasteiger partial charge < -0.3 is 0 Å². The zero-order valence-electron chi connectivity index (χ0n) is 8.23. The molecule has 0 bridgehead atoms. The van der Waals surface area contributed by atoms with Crippen molar-refractivity contribution in [1.82, 2.24) is 0 Å².